The third kappa shape index (κ3) is 3.37. The number of alkyl halides is 2. The fourth-order valence-electron chi connectivity index (χ4n) is 3.20. The van der Waals surface area contributed by atoms with E-state index in [1.165, 1.54) is 0 Å². The second-order valence-electron chi connectivity index (χ2n) is 6.73. The van der Waals surface area contributed by atoms with Crippen molar-refractivity contribution < 1.29 is 13.3 Å². The highest BCUT2D eigenvalue weighted by atomic mass is 19.3. The van der Waals surface area contributed by atoms with Gasteiger partial charge in [0.15, 0.2) is 0 Å². The lowest BCUT2D eigenvalue weighted by atomic mass is 10.1. The third-order valence-electron chi connectivity index (χ3n) is 4.47. The van der Waals surface area contributed by atoms with Crippen molar-refractivity contribution in [3.05, 3.63) is 53.2 Å². The molecule has 4 rings (SSSR count). The van der Waals surface area contributed by atoms with Gasteiger partial charge < -0.3 is 4.52 Å². The first-order valence-corrected chi connectivity index (χ1v) is 8.45. The molecule has 0 spiro atoms. The molecule has 26 heavy (non-hydrogen) atoms. The van der Waals surface area contributed by atoms with Gasteiger partial charge in [0.25, 0.3) is 5.92 Å². The maximum Gasteiger partial charge on any atom is 0.262 e. The smallest absolute Gasteiger partial charge is 0.262 e. The average molecular weight is 359 g/mol. The van der Waals surface area contributed by atoms with Crippen LogP contribution >= 0.6 is 0 Å². The zero-order valence-corrected chi connectivity index (χ0v) is 14.5. The predicted molar refractivity (Wildman–Crippen MR) is 90.8 cm³/mol. The standard InChI is InChI=1S/C18H19F2N5O/c1-11-6-12(2)25(23-11)9-13-4-3-5-14(7-13)16-22-17(26-24-16)15-8-18(19,20)10-21-15/h3-7,15,21H,8-10H2,1-2H3. The molecule has 6 nitrogen and oxygen atoms in total. The van der Waals surface area contributed by atoms with Crippen molar-refractivity contribution in [2.75, 3.05) is 6.54 Å². The number of aryl methyl sites for hydroxylation is 2. The molecule has 1 fully saturated rings. The molecule has 3 heterocycles. The normalized spacial score (nSPS) is 19.2. The van der Waals surface area contributed by atoms with Crippen molar-refractivity contribution in [3.8, 4) is 11.4 Å². The highest BCUT2D eigenvalue weighted by molar-refractivity contribution is 5.55. The Bertz CT molecular complexity index is 933. The molecular weight excluding hydrogens is 340 g/mol. The number of nitrogens with zero attached hydrogens (tertiary/aromatic N) is 4. The first kappa shape index (κ1) is 16.8. The molecule has 0 aliphatic carbocycles. The van der Waals surface area contributed by atoms with E-state index in [-0.39, 0.29) is 18.9 Å². The van der Waals surface area contributed by atoms with Crippen LogP contribution in [0.1, 0.15) is 35.3 Å². The Labute approximate surface area is 149 Å². The molecule has 136 valence electrons. The fourth-order valence-corrected chi connectivity index (χ4v) is 3.20. The van der Waals surface area contributed by atoms with Crippen LogP contribution in [0.3, 0.4) is 0 Å². The first-order valence-electron chi connectivity index (χ1n) is 8.45. The minimum atomic E-state index is -2.74. The molecular formula is C18H19F2N5O. The molecule has 1 saturated heterocycles. The monoisotopic (exact) mass is 359 g/mol. The van der Waals surface area contributed by atoms with Gasteiger partial charge in [0, 0.05) is 17.7 Å². The number of rotatable bonds is 4. The molecule has 2 aromatic heterocycles. The van der Waals surface area contributed by atoms with Gasteiger partial charge >= 0.3 is 0 Å². The number of nitrogens with one attached hydrogen (secondary N) is 1. The molecule has 1 atom stereocenters. The lowest BCUT2D eigenvalue weighted by molar-refractivity contribution is 0.0200. The molecule has 1 N–H and O–H groups in total. The Hall–Kier alpha value is -2.61. The number of hydrogen-bond donors (Lipinski definition) is 1. The molecule has 0 bridgehead atoms. The van der Waals surface area contributed by atoms with E-state index in [0.717, 1.165) is 22.5 Å². The Morgan fingerprint density at radius 3 is 2.85 bits per heavy atom. The molecule has 0 amide bonds. The zero-order chi connectivity index (χ0) is 18.3. The van der Waals surface area contributed by atoms with Crippen LogP contribution in [0.4, 0.5) is 8.78 Å². The zero-order valence-electron chi connectivity index (χ0n) is 14.5. The van der Waals surface area contributed by atoms with Gasteiger partial charge in [0.2, 0.25) is 11.7 Å². The second-order valence-corrected chi connectivity index (χ2v) is 6.73. The predicted octanol–water partition coefficient (Wildman–Crippen LogP) is 3.27. The number of halogens is 2. The molecule has 1 aromatic carbocycles. The summed E-state index contributed by atoms with van der Waals surface area (Å²) >= 11 is 0. The van der Waals surface area contributed by atoms with Gasteiger partial charge in [0.1, 0.15) is 0 Å². The van der Waals surface area contributed by atoms with Gasteiger partial charge in [-0.3, -0.25) is 10.00 Å². The van der Waals surface area contributed by atoms with Gasteiger partial charge in [-0.15, -0.1) is 0 Å². The van der Waals surface area contributed by atoms with Crippen molar-refractivity contribution in [2.24, 2.45) is 0 Å². The lowest BCUT2D eigenvalue weighted by Crippen LogP contribution is -2.19. The van der Waals surface area contributed by atoms with Crippen molar-refractivity contribution in [1.82, 2.24) is 25.2 Å². The molecule has 8 heteroatoms. The molecule has 1 aliphatic rings. The molecule has 1 unspecified atom stereocenters. The summed E-state index contributed by atoms with van der Waals surface area (Å²) in [6.07, 6.45) is -0.327. The topological polar surface area (TPSA) is 68.8 Å². The van der Waals surface area contributed by atoms with Crippen LogP contribution in [-0.4, -0.2) is 32.4 Å². The van der Waals surface area contributed by atoms with Crippen molar-refractivity contribution in [1.29, 1.82) is 0 Å². The summed E-state index contributed by atoms with van der Waals surface area (Å²) in [5.41, 5.74) is 3.89. The van der Waals surface area contributed by atoms with E-state index in [4.69, 9.17) is 4.52 Å². The maximum absolute atomic E-state index is 13.3. The fraction of sp³-hybridized carbons (Fsp3) is 0.389. The molecule has 0 radical (unpaired) electrons. The van der Waals surface area contributed by atoms with E-state index >= 15 is 0 Å². The second kappa shape index (κ2) is 6.28. The van der Waals surface area contributed by atoms with Gasteiger partial charge in [0.05, 0.1) is 24.8 Å². The van der Waals surface area contributed by atoms with Crippen LogP contribution in [0, 0.1) is 13.8 Å². The van der Waals surface area contributed by atoms with E-state index in [1.54, 1.807) is 0 Å². The van der Waals surface area contributed by atoms with Crippen LogP contribution in [-0.2, 0) is 6.54 Å². The number of aromatic nitrogens is 4. The SMILES string of the molecule is Cc1cc(C)n(Cc2cccc(-c3noc(C4CC(F)(F)CN4)n3)c2)n1. The van der Waals surface area contributed by atoms with E-state index in [0.29, 0.717) is 12.4 Å². The quantitative estimate of drug-likeness (QED) is 0.774. The van der Waals surface area contributed by atoms with Crippen LogP contribution in [0.25, 0.3) is 11.4 Å². The summed E-state index contributed by atoms with van der Waals surface area (Å²) in [5.74, 6) is -2.15. The van der Waals surface area contributed by atoms with Crippen LogP contribution in [0.15, 0.2) is 34.9 Å². The Morgan fingerprint density at radius 2 is 2.15 bits per heavy atom. The summed E-state index contributed by atoms with van der Waals surface area (Å²) in [5, 5.41) is 11.1. The minimum absolute atomic E-state index is 0.195. The van der Waals surface area contributed by atoms with E-state index in [2.05, 4.69) is 20.6 Å². The molecule has 1 aliphatic heterocycles. The van der Waals surface area contributed by atoms with Crippen LogP contribution < -0.4 is 5.32 Å². The number of hydrogen-bond acceptors (Lipinski definition) is 5. The molecule has 3 aromatic rings. The first-order chi connectivity index (χ1) is 12.4. The summed E-state index contributed by atoms with van der Waals surface area (Å²) in [7, 11) is 0. The third-order valence-corrected chi connectivity index (χ3v) is 4.47. The van der Waals surface area contributed by atoms with Gasteiger partial charge in [-0.25, -0.2) is 8.78 Å². The van der Waals surface area contributed by atoms with Gasteiger partial charge in [-0.2, -0.15) is 10.1 Å². The van der Waals surface area contributed by atoms with Crippen molar-refractivity contribution in [2.45, 2.75) is 38.8 Å². The van der Waals surface area contributed by atoms with Gasteiger partial charge in [-0.05, 0) is 31.5 Å². The maximum atomic E-state index is 13.3. The van der Waals surface area contributed by atoms with Crippen LogP contribution in [0.5, 0.6) is 0 Å². The Balaban J connectivity index is 1.54. The van der Waals surface area contributed by atoms with Crippen LogP contribution in [0.2, 0.25) is 0 Å². The summed E-state index contributed by atoms with van der Waals surface area (Å²) in [6.45, 7) is 4.24. The summed E-state index contributed by atoms with van der Waals surface area (Å²) in [4.78, 5) is 4.30. The van der Waals surface area contributed by atoms with E-state index in [1.807, 2.05) is 48.9 Å². The van der Waals surface area contributed by atoms with Gasteiger partial charge in [-0.1, -0.05) is 23.4 Å². The largest absolute Gasteiger partial charge is 0.337 e. The minimum Gasteiger partial charge on any atom is -0.337 e. The Morgan fingerprint density at radius 1 is 1.31 bits per heavy atom. The highest BCUT2D eigenvalue weighted by Crippen LogP contribution is 2.33. The van der Waals surface area contributed by atoms with Crippen molar-refractivity contribution >= 4 is 0 Å². The average Bonchev–Trinajstić information content (AvgIpc) is 3.27. The summed E-state index contributed by atoms with van der Waals surface area (Å²) in [6, 6.07) is 9.16. The Kier molecular flexibility index (Phi) is 4.07. The summed E-state index contributed by atoms with van der Waals surface area (Å²) < 4.78 is 33.8. The van der Waals surface area contributed by atoms with E-state index < -0.39 is 12.0 Å². The molecule has 0 saturated carbocycles. The number of benzene rings is 1. The van der Waals surface area contributed by atoms with E-state index in [9.17, 15) is 8.78 Å². The lowest BCUT2D eigenvalue weighted by Gasteiger charge is -2.06. The highest BCUT2D eigenvalue weighted by Gasteiger charge is 2.42. The van der Waals surface area contributed by atoms with Crippen molar-refractivity contribution in [3.63, 3.8) is 0 Å².